The van der Waals surface area contributed by atoms with Crippen LogP contribution in [0.5, 0.6) is 5.75 Å². The zero-order valence-corrected chi connectivity index (χ0v) is 11.5. The minimum atomic E-state index is 0.438. The number of ether oxygens (including phenoxy) is 1. The highest BCUT2D eigenvalue weighted by molar-refractivity contribution is 5.87. The second-order valence-corrected chi connectivity index (χ2v) is 4.26. The maximum atomic E-state index is 5.77. The van der Waals surface area contributed by atoms with Crippen LogP contribution in [0, 0.1) is 11.8 Å². The average molecular weight is 253 g/mol. The first-order valence-electron chi connectivity index (χ1n) is 6.60. The first-order chi connectivity index (χ1) is 9.36. The molecule has 0 saturated carbocycles. The smallest absolute Gasteiger partial charge is 0.149 e. The van der Waals surface area contributed by atoms with Gasteiger partial charge in [0.25, 0.3) is 0 Å². The van der Waals surface area contributed by atoms with Crippen LogP contribution in [-0.4, -0.2) is 13.2 Å². The Labute approximate surface area is 114 Å². The summed E-state index contributed by atoms with van der Waals surface area (Å²) in [6.07, 6.45) is 0. The normalized spacial score (nSPS) is 10.0. The van der Waals surface area contributed by atoms with E-state index in [9.17, 15) is 0 Å². The number of hydrogen-bond acceptors (Lipinski definition) is 2. The van der Waals surface area contributed by atoms with Crippen LogP contribution >= 0.6 is 0 Å². The molecule has 0 radical (unpaired) electrons. The Balaban J connectivity index is 2.39. The van der Waals surface area contributed by atoms with Crippen LogP contribution in [0.25, 0.3) is 10.8 Å². The van der Waals surface area contributed by atoms with Gasteiger partial charge in [-0.05, 0) is 30.3 Å². The Morgan fingerprint density at radius 1 is 1.16 bits per heavy atom. The van der Waals surface area contributed by atoms with E-state index in [-0.39, 0.29) is 0 Å². The van der Waals surface area contributed by atoms with Crippen molar-refractivity contribution in [3.63, 3.8) is 0 Å². The van der Waals surface area contributed by atoms with Crippen molar-refractivity contribution in [1.82, 2.24) is 5.32 Å². The summed E-state index contributed by atoms with van der Waals surface area (Å²) in [5, 5.41) is 5.85. The van der Waals surface area contributed by atoms with Crippen molar-refractivity contribution in [3.05, 3.63) is 42.0 Å². The third-order valence-corrected chi connectivity index (χ3v) is 3.03. The van der Waals surface area contributed by atoms with Gasteiger partial charge in [0.1, 0.15) is 12.4 Å². The molecule has 19 heavy (non-hydrogen) atoms. The topological polar surface area (TPSA) is 21.3 Å². The molecule has 2 rings (SSSR count). The number of hydrogen-bond donors (Lipinski definition) is 1. The average Bonchev–Trinajstić information content (AvgIpc) is 2.46. The molecule has 0 spiro atoms. The van der Waals surface area contributed by atoms with E-state index >= 15 is 0 Å². The second kappa shape index (κ2) is 6.82. The predicted octanol–water partition coefficient (Wildman–Crippen LogP) is 3.35. The maximum absolute atomic E-state index is 5.77. The van der Waals surface area contributed by atoms with E-state index in [0.29, 0.717) is 6.61 Å². The van der Waals surface area contributed by atoms with Gasteiger partial charge in [-0.1, -0.05) is 43.2 Å². The maximum Gasteiger partial charge on any atom is 0.149 e. The third kappa shape index (κ3) is 3.27. The fourth-order valence-electron chi connectivity index (χ4n) is 2.07. The Morgan fingerprint density at radius 2 is 2.00 bits per heavy atom. The monoisotopic (exact) mass is 253 g/mol. The van der Waals surface area contributed by atoms with Gasteiger partial charge in [0.2, 0.25) is 0 Å². The number of nitrogens with one attached hydrogen (secondary N) is 1. The molecule has 0 aliphatic heterocycles. The highest BCUT2D eigenvalue weighted by Gasteiger charge is 2.07. The lowest BCUT2D eigenvalue weighted by molar-refractivity contribution is 0.365. The van der Waals surface area contributed by atoms with Crippen LogP contribution in [0.15, 0.2) is 36.4 Å². The molecule has 98 valence electrons. The van der Waals surface area contributed by atoms with Crippen LogP contribution in [0.2, 0.25) is 0 Å². The molecule has 0 unspecified atom stereocenters. The highest BCUT2D eigenvalue weighted by Crippen LogP contribution is 2.28. The molecule has 1 N–H and O–H groups in total. The van der Waals surface area contributed by atoms with Crippen molar-refractivity contribution in [2.45, 2.75) is 20.4 Å². The molecule has 0 aliphatic rings. The number of benzene rings is 2. The van der Waals surface area contributed by atoms with Gasteiger partial charge in [0.15, 0.2) is 0 Å². The second-order valence-electron chi connectivity index (χ2n) is 4.26. The third-order valence-electron chi connectivity index (χ3n) is 3.03. The van der Waals surface area contributed by atoms with Gasteiger partial charge in [0, 0.05) is 12.1 Å². The van der Waals surface area contributed by atoms with E-state index in [2.05, 4.69) is 54.4 Å². The van der Waals surface area contributed by atoms with Gasteiger partial charge in [-0.25, -0.2) is 0 Å². The summed E-state index contributed by atoms with van der Waals surface area (Å²) >= 11 is 0. The molecule has 0 heterocycles. The van der Waals surface area contributed by atoms with Crippen LogP contribution < -0.4 is 10.1 Å². The SMILES string of the molecule is CC#CCOc1ccc2ccccc2c1CNCC. The molecular weight excluding hydrogens is 234 g/mol. The first-order valence-corrected chi connectivity index (χ1v) is 6.60. The van der Waals surface area contributed by atoms with E-state index < -0.39 is 0 Å². The predicted molar refractivity (Wildman–Crippen MR) is 80.3 cm³/mol. The molecule has 0 fully saturated rings. The first kappa shape index (κ1) is 13.5. The summed E-state index contributed by atoms with van der Waals surface area (Å²) in [7, 11) is 0. The summed E-state index contributed by atoms with van der Waals surface area (Å²) in [6.45, 7) is 6.12. The van der Waals surface area contributed by atoms with Gasteiger partial charge in [0.05, 0.1) is 0 Å². The van der Waals surface area contributed by atoms with Gasteiger partial charge in [-0.3, -0.25) is 0 Å². The Bertz CT molecular complexity index is 607. The zero-order valence-electron chi connectivity index (χ0n) is 11.5. The van der Waals surface area contributed by atoms with Crippen molar-refractivity contribution < 1.29 is 4.74 Å². The molecule has 2 heteroatoms. The van der Waals surface area contributed by atoms with Crippen molar-refractivity contribution in [2.75, 3.05) is 13.2 Å². The van der Waals surface area contributed by atoms with E-state index in [1.807, 2.05) is 13.0 Å². The van der Waals surface area contributed by atoms with E-state index in [1.165, 1.54) is 16.3 Å². The molecule has 0 atom stereocenters. The van der Waals surface area contributed by atoms with Crippen LogP contribution in [0.1, 0.15) is 19.4 Å². The highest BCUT2D eigenvalue weighted by atomic mass is 16.5. The van der Waals surface area contributed by atoms with Crippen LogP contribution in [0.4, 0.5) is 0 Å². The largest absolute Gasteiger partial charge is 0.481 e. The van der Waals surface area contributed by atoms with Crippen LogP contribution in [0.3, 0.4) is 0 Å². The molecule has 0 amide bonds. The Kier molecular flexibility index (Phi) is 4.83. The van der Waals surface area contributed by atoms with Crippen molar-refractivity contribution in [2.24, 2.45) is 0 Å². The summed E-state index contributed by atoms with van der Waals surface area (Å²) in [5.41, 5.74) is 1.21. The number of fused-ring (bicyclic) bond motifs is 1. The van der Waals surface area contributed by atoms with Gasteiger partial charge in [-0.15, -0.1) is 5.92 Å². The Morgan fingerprint density at radius 3 is 2.79 bits per heavy atom. The minimum Gasteiger partial charge on any atom is -0.481 e. The summed E-state index contributed by atoms with van der Waals surface area (Å²) in [5.74, 6) is 6.70. The molecule has 2 aromatic rings. The lowest BCUT2D eigenvalue weighted by Crippen LogP contribution is -2.13. The summed E-state index contributed by atoms with van der Waals surface area (Å²) in [6, 6.07) is 12.5. The molecule has 0 aromatic heterocycles. The lowest BCUT2D eigenvalue weighted by Gasteiger charge is -2.13. The van der Waals surface area contributed by atoms with Crippen molar-refractivity contribution in [3.8, 4) is 17.6 Å². The van der Waals surface area contributed by atoms with Gasteiger partial charge in [-0.2, -0.15) is 0 Å². The fraction of sp³-hybridized carbons (Fsp3) is 0.294. The minimum absolute atomic E-state index is 0.438. The molecular formula is C17H19NO. The van der Waals surface area contributed by atoms with E-state index in [4.69, 9.17) is 4.74 Å². The van der Waals surface area contributed by atoms with Crippen molar-refractivity contribution in [1.29, 1.82) is 0 Å². The number of rotatable bonds is 5. The summed E-state index contributed by atoms with van der Waals surface area (Å²) in [4.78, 5) is 0. The molecule has 2 nitrogen and oxygen atoms in total. The zero-order chi connectivity index (χ0) is 13.5. The fourth-order valence-corrected chi connectivity index (χ4v) is 2.07. The van der Waals surface area contributed by atoms with E-state index in [1.54, 1.807) is 0 Å². The van der Waals surface area contributed by atoms with Crippen LogP contribution in [-0.2, 0) is 6.54 Å². The standard InChI is InChI=1S/C17H19NO/c1-3-5-12-19-17-11-10-14-8-6-7-9-15(14)16(17)13-18-4-2/h6-11,18H,4,12-13H2,1-2H3. The summed E-state index contributed by atoms with van der Waals surface area (Å²) < 4.78 is 5.77. The van der Waals surface area contributed by atoms with Crippen molar-refractivity contribution >= 4 is 10.8 Å². The van der Waals surface area contributed by atoms with Gasteiger partial charge < -0.3 is 10.1 Å². The lowest BCUT2D eigenvalue weighted by atomic mass is 10.0. The quantitative estimate of drug-likeness (QED) is 0.825. The molecule has 0 aliphatic carbocycles. The van der Waals surface area contributed by atoms with Gasteiger partial charge >= 0.3 is 0 Å². The molecule has 2 aromatic carbocycles. The molecule has 0 saturated heterocycles. The molecule has 0 bridgehead atoms. The van der Waals surface area contributed by atoms with E-state index in [0.717, 1.165) is 18.8 Å². The Hall–Kier alpha value is -1.98.